The molecule has 2 fully saturated rings. The van der Waals surface area contributed by atoms with Gasteiger partial charge in [-0.1, -0.05) is 0 Å². The molecule has 26 heavy (non-hydrogen) atoms. The van der Waals surface area contributed by atoms with E-state index < -0.39 is 17.9 Å². The zero-order valence-corrected chi connectivity index (χ0v) is 14.4. The van der Waals surface area contributed by atoms with Gasteiger partial charge in [0.05, 0.1) is 12.5 Å². The molecule has 9 nitrogen and oxygen atoms in total. The SMILES string of the molecule is Cc1cc(NC(=O)C2CC(=O)N(C(N)=O)C2)ccc1N1CCOCC1=O. The molecule has 0 aromatic heterocycles. The molecule has 138 valence electrons. The van der Waals surface area contributed by atoms with Gasteiger partial charge in [-0.2, -0.15) is 0 Å². The number of primary amides is 1. The predicted molar refractivity (Wildman–Crippen MR) is 92.4 cm³/mol. The number of urea groups is 1. The van der Waals surface area contributed by atoms with Gasteiger partial charge in [-0.05, 0) is 30.7 Å². The summed E-state index contributed by atoms with van der Waals surface area (Å²) >= 11 is 0. The number of hydrogen-bond donors (Lipinski definition) is 2. The molecule has 2 saturated heterocycles. The lowest BCUT2D eigenvalue weighted by molar-refractivity contribution is -0.126. The lowest BCUT2D eigenvalue weighted by Gasteiger charge is -2.28. The normalized spacial score (nSPS) is 20.4. The first-order valence-electron chi connectivity index (χ1n) is 8.26. The van der Waals surface area contributed by atoms with Gasteiger partial charge >= 0.3 is 6.03 Å². The summed E-state index contributed by atoms with van der Waals surface area (Å²) < 4.78 is 5.13. The molecule has 0 aliphatic carbocycles. The van der Waals surface area contributed by atoms with E-state index in [1.165, 1.54) is 0 Å². The number of benzene rings is 1. The van der Waals surface area contributed by atoms with E-state index in [-0.39, 0.29) is 31.4 Å². The number of aryl methyl sites for hydroxylation is 1. The summed E-state index contributed by atoms with van der Waals surface area (Å²) in [7, 11) is 0. The Kier molecular flexibility index (Phi) is 4.90. The van der Waals surface area contributed by atoms with Gasteiger partial charge in [0, 0.05) is 30.9 Å². The Hall–Kier alpha value is -2.94. The third-order valence-corrected chi connectivity index (χ3v) is 4.50. The van der Waals surface area contributed by atoms with Gasteiger partial charge in [0.15, 0.2) is 0 Å². The van der Waals surface area contributed by atoms with Gasteiger partial charge < -0.3 is 20.7 Å². The van der Waals surface area contributed by atoms with Gasteiger partial charge in [0.1, 0.15) is 6.61 Å². The van der Waals surface area contributed by atoms with Crippen LogP contribution in [-0.4, -0.2) is 55.0 Å². The summed E-state index contributed by atoms with van der Waals surface area (Å²) in [6.45, 7) is 2.86. The molecule has 0 radical (unpaired) electrons. The fourth-order valence-electron chi connectivity index (χ4n) is 3.15. The minimum Gasteiger partial charge on any atom is -0.370 e. The molecule has 1 aromatic carbocycles. The van der Waals surface area contributed by atoms with Crippen molar-refractivity contribution in [2.45, 2.75) is 13.3 Å². The number of morpholine rings is 1. The minimum absolute atomic E-state index is 0.0145. The van der Waals surface area contributed by atoms with Gasteiger partial charge in [-0.15, -0.1) is 0 Å². The highest BCUT2D eigenvalue weighted by molar-refractivity contribution is 6.02. The molecule has 1 aromatic rings. The maximum absolute atomic E-state index is 12.4. The van der Waals surface area contributed by atoms with E-state index >= 15 is 0 Å². The van der Waals surface area contributed by atoms with Crippen molar-refractivity contribution in [3.63, 3.8) is 0 Å². The van der Waals surface area contributed by atoms with Crippen molar-refractivity contribution < 1.29 is 23.9 Å². The number of anilines is 2. The first-order valence-corrected chi connectivity index (χ1v) is 8.26. The molecule has 1 atom stereocenters. The van der Waals surface area contributed by atoms with Gasteiger partial charge in [-0.3, -0.25) is 19.3 Å². The molecule has 2 aliphatic rings. The molecule has 0 saturated carbocycles. The summed E-state index contributed by atoms with van der Waals surface area (Å²) in [5, 5.41) is 2.75. The second kappa shape index (κ2) is 7.12. The first kappa shape index (κ1) is 17.9. The smallest absolute Gasteiger partial charge is 0.321 e. The highest BCUT2D eigenvalue weighted by atomic mass is 16.5. The molecular weight excluding hydrogens is 340 g/mol. The number of ether oxygens (including phenoxy) is 1. The van der Waals surface area contributed by atoms with Crippen LogP contribution in [0.2, 0.25) is 0 Å². The second-order valence-electron chi connectivity index (χ2n) is 6.33. The average molecular weight is 360 g/mol. The Balaban J connectivity index is 1.68. The molecule has 5 amide bonds. The topological polar surface area (TPSA) is 122 Å². The van der Waals surface area contributed by atoms with Crippen molar-refractivity contribution >= 4 is 35.1 Å². The Morgan fingerprint density at radius 3 is 2.65 bits per heavy atom. The summed E-state index contributed by atoms with van der Waals surface area (Å²) in [4.78, 5) is 49.7. The van der Waals surface area contributed by atoms with Crippen LogP contribution in [-0.2, 0) is 19.1 Å². The monoisotopic (exact) mass is 360 g/mol. The number of amides is 5. The van der Waals surface area contributed by atoms with Gasteiger partial charge in [0.2, 0.25) is 11.8 Å². The maximum atomic E-state index is 12.4. The standard InChI is InChI=1S/C17H20N4O5/c1-10-6-12(2-3-13(10)20-4-5-26-9-15(20)23)19-16(24)11-7-14(22)21(8-11)17(18)25/h2-3,6,11H,4-5,7-9H2,1H3,(H2,18,25)(H,19,24). The van der Waals surface area contributed by atoms with Crippen LogP contribution in [0, 0.1) is 12.8 Å². The van der Waals surface area contributed by atoms with Crippen LogP contribution in [0.25, 0.3) is 0 Å². The third-order valence-electron chi connectivity index (χ3n) is 4.50. The van der Waals surface area contributed by atoms with Crippen LogP contribution in [0.4, 0.5) is 16.2 Å². The summed E-state index contributed by atoms with van der Waals surface area (Å²) in [6.07, 6.45) is -0.0475. The van der Waals surface area contributed by atoms with E-state index in [0.717, 1.165) is 16.2 Å². The van der Waals surface area contributed by atoms with Crippen LogP contribution in [0.15, 0.2) is 18.2 Å². The van der Waals surface area contributed by atoms with Crippen molar-refractivity contribution in [1.29, 1.82) is 0 Å². The molecule has 1 unspecified atom stereocenters. The largest absolute Gasteiger partial charge is 0.370 e. The Labute approximate surface area is 150 Å². The number of nitrogens with two attached hydrogens (primary N) is 1. The number of hydrogen-bond acceptors (Lipinski definition) is 5. The molecule has 3 rings (SSSR count). The molecule has 9 heteroatoms. The summed E-state index contributed by atoms with van der Waals surface area (Å²) in [6, 6.07) is 4.38. The van der Waals surface area contributed by atoms with Crippen molar-refractivity contribution in [2.75, 3.05) is 36.5 Å². The van der Waals surface area contributed by atoms with Crippen molar-refractivity contribution in [3.8, 4) is 0 Å². The van der Waals surface area contributed by atoms with Crippen LogP contribution in [0.5, 0.6) is 0 Å². The first-order chi connectivity index (χ1) is 12.4. The van der Waals surface area contributed by atoms with E-state index in [0.29, 0.717) is 18.8 Å². The number of carbonyl (C=O) groups is 4. The fourth-order valence-corrected chi connectivity index (χ4v) is 3.15. The van der Waals surface area contributed by atoms with E-state index in [1.807, 2.05) is 6.92 Å². The lowest BCUT2D eigenvalue weighted by atomic mass is 10.1. The van der Waals surface area contributed by atoms with Gasteiger partial charge in [0.25, 0.3) is 5.91 Å². The zero-order chi connectivity index (χ0) is 18.8. The Bertz CT molecular complexity index is 778. The molecular formula is C17H20N4O5. The highest BCUT2D eigenvalue weighted by Crippen LogP contribution is 2.26. The van der Waals surface area contributed by atoms with Crippen molar-refractivity contribution in [1.82, 2.24) is 4.90 Å². The van der Waals surface area contributed by atoms with Crippen LogP contribution in [0.1, 0.15) is 12.0 Å². The Morgan fingerprint density at radius 1 is 1.27 bits per heavy atom. The molecule has 3 N–H and O–H groups in total. The van der Waals surface area contributed by atoms with Crippen molar-refractivity contribution in [2.24, 2.45) is 11.7 Å². The molecule has 2 aliphatic heterocycles. The van der Waals surface area contributed by atoms with E-state index in [2.05, 4.69) is 5.32 Å². The number of nitrogens with zero attached hydrogens (tertiary/aromatic N) is 2. The summed E-state index contributed by atoms with van der Waals surface area (Å²) in [5.41, 5.74) is 7.28. The summed E-state index contributed by atoms with van der Waals surface area (Å²) in [5.74, 6) is -1.53. The minimum atomic E-state index is -0.847. The quantitative estimate of drug-likeness (QED) is 0.799. The number of likely N-dealkylation sites (tertiary alicyclic amines) is 1. The Morgan fingerprint density at radius 2 is 2.04 bits per heavy atom. The predicted octanol–water partition coefficient (Wildman–Crippen LogP) is 0.224. The molecule has 2 heterocycles. The third kappa shape index (κ3) is 3.52. The van der Waals surface area contributed by atoms with E-state index in [9.17, 15) is 19.2 Å². The zero-order valence-electron chi connectivity index (χ0n) is 14.4. The maximum Gasteiger partial charge on any atom is 0.321 e. The number of imide groups is 1. The van der Waals surface area contributed by atoms with E-state index in [4.69, 9.17) is 10.5 Å². The van der Waals surface area contributed by atoms with Gasteiger partial charge in [-0.25, -0.2) is 4.79 Å². The van der Waals surface area contributed by atoms with E-state index in [1.54, 1.807) is 23.1 Å². The van der Waals surface area contributed by atoms with Crippen LogP contribution >= 0.6 is 0 Å². The number of rotatable bonds is 3. The van der Waals surface area contributed by atoms with Crippen LogP contribution in [0.3, 0.4) is 0 Å². The molecule has 0 spiro atoms. The van der Waals surface area contributed by atoms with Crippen LogP contribution < -0.4 is 16.0 Å². The average Bonchev–Trinajstić information content (AvgIpc) is 2.98. The molecule has 0 bridgehead atoms. The second-order valence-corrected chi connectivity index (χ2v) is 6.33. The fraction of sp³-hybridized carbons (Fsp3) is 0.412. The lowest BCUT2D eigenvalue weighted by Crippen LogP contribution is -2.42. The number of carbonyl (C=O) groups excluding carboxylic acids is 4. The highest BCUT2D eigenvalue weighted by Gasteiger charge is 2.36. The van der Waals surface area contributed by atoms with Crippen molar-refractivity contribution in [3.05, 3.63) is 23.8 Å². The number of nitrogens with one attached hydrogen (secondary N) is 1.